The van der Waals surface area contributed by atoms with E-state index in [2.05, 4.69) is 45.9 Å². The number of benzene rings is 1. The number of piperidine rings is 1. The first-order valence-electron chi connectivity index (χ1n) is 8.41. The summed E-state index contributed by atoms with van der Waals surface area (Å²) in [6.07, 6.45) is 4.01. The van der Waals surface area contributed by atoms with E-state index in [1.807, 2.05) is 6.07 Å². The predicted octanol–water partition coefficient (Wildman–Crippen LogP) is 2.68. The van der Waals surface area contributed by atoms with Gasteiger partial charge in [-0.3, -0.25) is 0 Å². The van der Waals surface area contributed by atoms with Crippen molar-refractivity contribution in [2.24, 2.45) is 0 Å². The monoisotopic (exact) mass is 327 g/mol. The lowest BCUT2D eigenvalue weighted by atomic mass is 9.92. The van der Waals surface area contributed by atoms with Gasteiger partial charge in [0.05, 0.1) is 19.8 Å². The molecule has 1 aliphatic heterocycles. The Morgan fingerprint density at radius 2 is 2.00 bits per heavy atom. The van der Waals surface area contributed by atoms with Gasteiger partial charge in [0.25, 0.3) is 0 Å². The molecule has 2 aromatic rings. The van der Waals surface area contributed by atoms with Crippen LogP contribution < -0.4 is 20.1 Å². The molecule has 3 rings (SSSR count). The van der Waals surface area contributed by atoms with E-state index in [1.54, 1.807) is 20.4 Å². The number of aromatic nitrogens is 1. The third-order valence-corrected chi connectivity index (χ3v) is 4.54. The Balaban J connectivity index is 1.75. The summed E-state index contributed by atoms with van der Waals surface area (Å²) in [6, 6.07) is 13.1. The second-order valence-corrected chi connectivity index (χ2v) is 5.97. The quantitative estimate of drug-likeness (QED) is 0.854. The summed E-state index contributed by atoms with van der Waals surface area (Å²) in [6.45, 7) is 1.72. The first-order valence-corrected chi connectivity index (χ1v) is 8.41. The maximum atomic E-state index is 5.46. The number of hydrogen-bond acceptors (Lipinski definition) is 5. The lowest BCUT2D eigenvalue weighted by Gasteiger charge is -2.34. The van der Waals surface area contributed by atoms with Crippen molar-refractivity contribution in [1.82, 2.24) is 15.6 Å². The van der Waals surface area contributed by atoms with Crippen LogP contribution in [0.3, 0.4) is 0 Å². The molecular weight excluding hydrogens is 302 g/mol. The number of pyridine rings is 1. The van der Waals surface area contributed by atoms with Gasteiger partial charge in [-0.15, -0.1) is 0 Å². The Morgan fingerprint density at radius 1 is 1.17 bits per heavy atom. The van der Waals surface area contributed by atoms with Gasteiger partial charge in [-0.2, -0.15) is 0 Å². The molecular formula is C19H25N3O2. The molecule has 0 bridgehead atoms. The Labute approximate surface area is 143 Å². The van der Waals surface area contributed by atoms with E-state index < -0.39 is 0 Å². The van der Waals surface area contributed by atoms with Crippen LogP contribution in [0.1, 0.15) is 30.0 Å². The Kier molecular flexibility index (Phi) is 5.67. The van der Waals surface area contributed by atoms with E-state index in [0.29, 0.717) is 24.5 Å². The molecule has 5 nitrogen and oxygen atoms in total. The second kappa shape index (κ2) is 8.13. The first kappa shape index (κ1) is 16.7. The fraction of sp³-hybridized carbons (Fsp3) is 0.421. The number of rotatable bonds is 6. The molecule has 2 atom stereocenters. The van der Waals surface area contributed by atoms with Crippen LogP contribution in [-0.2, 0) is 6.54 Å². The van der Waals surface area contributed by atoms with Gasteiger partial charge in [0.1, 0.15) is 5.75 Å². The third-order valence-electron chi connectivity index (χ3n) is 4.54. The molecule has 24 heavy (non-hydrogen) atoms. The number of nitrogens with zero attached hydrogens (tertiary/aromatic N) is 1. The fourth-order valence-electron chi connectivity index (χ4n) is 3.34. The minimum Gasteiger partial charge on any atom is -0.496 e. The van der Waals surface area contributed by atoms with Gasteiger partial charge >= 0.3 is 0 Å². The van der Waals surface area contributed by atoms with Crippen LogP contribution in [0.4, 0.5) is 0 Å². The highest BCUT2D eigenvalue weighted by Crippen LogP contribution is 2.28. The summed E-state index contributed by atoms with van der Waals surface area (Å²) in [7, 11) is 3.31. The van der Waals surface area contributed by atoms with Crippen molar-refractivity contribution in [2.45, 2.75) is 31.5 Å². The zero-order valence-electron chi connectivity index (χ0n) is 14.3. The van der Waals surface area contributed by atoms with Crippen LogP contribution in [0.15, 0.2) is 42.6 Å². The number of hydrogen-bond donors (Lipinski definition) is 2. The molecule has 128 valence electrons. The topological polar surface area (TPSA) is 55.4 Å². The van der Waals surface area contributed by atoms with Gasteiger partial charge in [-0.05, 0) is 31.0 Å². The zero-order valence-corrected chi connectivity index (χ0v) is 14.3. The summed E-state index contributed by atoms with van der Waals surface area (Å²) in [5.41, 5.74) is 2.28. The standard InChI is InChI=1S/C19H25N3O2/c1-23-17-10-12-21-19(24-2)15(17)13-22-16-9-6-11-20-18(16)14-7-4-3-5-8-14/h3-5,7-8,10,12,16,18,20,22H,6,9,11,13H2,1-2H3/t16-,18-/m0/s1. The molecule has 0 saturated carbocycles. The van der Waals surface area contributed by atoms with Gasteiger partial charge in [0.15, 0.2) is 0 Å². The van der Waals surface area contributed by atoms with E-state index in [0.717, 1.165) is 24.3 Å². The molecule has 5 heteroatoms. The summed E-state index contributed by atoms with van der Waals surface area (Å²) in [5, 5.41) is 7.31. The molecule has 0 spiro atoms. The Hall–Kier alpha value is -2.11. The zero-order chi connectivity index (χ0) is 16.8. The van der Waals surface area contributed by atoms with Crippen molar-refractivity contribution in [1.29, 1.82) is 0 Å². The van der Waals surface area contributed by atoms with E-state index in [4.69, 9.17) is 9.47 Å². The molecule has 0 unspecified atom stereocenters. The minimum absolute atomic E-state index is 0.314. The summed E-state index contributed by atoms with van der Waals surface area (Å²) >= 11 is 0. The van der Waals surface area contributed by atoms with Crippen LogP contribution in [0.2, 0.25) is 0 Å². The Morgan fingerprint density at radius 3 is 2.75 bits per heavy atom. The number of nitrogens with one attached hydrogen (secondary N) is 2. The lowest BCUT2D eigenvalue weighted by molar-refractivity contribution is 0.299. The van der Waals surface area contributed by atoms with Crippen LogP contribution in [0.5, 0.6) is 11.6 Å². The minimum atomic E-state index is 0.314. The molecule has 1 saturated heterocycles. The predicted molar refractivity (Wildman–Crippen MR) is 94.4 cm³/mol. The Bertz CT molecular complexity index is 626. The molecule has 1 fully saturated rings. The summed E-state index contributed by atoms with van der Waals surface area (Å²) in [4.78, 5) is 4.29. The number of ether oxygens (including phenoxy) is 2. The van der Waals surface area contributed by atoms with Crippen LogP contribution >= 0.6 is 0 Å². The van der Waals surface area contributed by atoms with Crippen molar-refractivity contribution >= 4 is 0 Å². The molecule has 0 amide bonds. The summed E-state index contributed by atoms with van der Waals surface area (Å²) < 4.78 is 10.9. The van der Waals surface area contributed by atoms with Crippen molar-refractivity contribution in [3.63, 3.8) is 0 Å². The molecule has 0 radical (unpaired) electrons. The third kappa shape index (κ3) is 3.68. The lowest BCUT2D eigenvalue weighted by Crippen LogP contribution is -2.45. The van der Waals surface area contributed by atoms with Gasteiger partial charge in [-0.25, -0.2) is 4.98 Å². The molecule has 0 aliphatic carbocycles. The van der Waals surface area contributed by atoms with Crippen LogP contribution in [0.25, 0.3) is 0 Å². The molecule has 1 aliphatic rings. The van der Waals surface area contributed by atoms with Crippen molar-refractivity contribution in [3.05, 3.63) is 53.7 Å². The van der Waals surface area contributed by atoms with Crippen molar-refractivity contribution in [2.75, 3.05) is 20.8 Å². The van der Waals surface area contributed by atoms with Crippen molar-refractivity contribution < 1.29 is 9.47 Å². The highest BCUT2D eigenvalue weighted by Gasteiger charge is 2.26. The van der Waals surface area contributed by atoms with Gasteiger partial charge < -0.3 is 20.1 Å². The largest absolute Gasteiger partial charge is 0.496 e. The highest BCUT2D eigenvalue weighted by molar-refractivity contribution is 5.39. The molecule has 2 N–H and O–H groups in total. The SMILES string of the molecule is COc1ccnc(OC)c1CN[C@H]1CCCN[C@H]1c1ccccc1. The van der Waals surface area contributed by atoms with Crippen molar-refractivity contribution in [3.8, 4) is 11.6 Å². The molecule has 1 aromatic carbocycles. The maximum Gasteiger partial charge on any atom is 0.221 e. The van der Waals surface area contributed by atoms with Crippen LogP contribution in [-0.4, -0.2) is 31.8 Å². The highest BCUT2D eigenvalue weighted by atomic mass is 16.5. The second-order valence-electron chi connectivity index (χ2n) is 5.97. The normalized spacial score (nSPS) is 20.6. The van der Waals surface area contributed by atoms with Crippen LogP contribution in [0, 0.1) is 0 Å². The fourth-order valence-corrected chi connectivity index (χ4v) is 3.34. The number of methoxy groups -OCH3 is 2. The van der Waals surface area contributed by atoms with Gasteiger partial charge in [0.2, 0.25) is 5.88 Å². The molecule has 1 aromatic heterocycles. The van der Waals surface area contributed by atoms with Gasteiger partial charge in [0, 0.05) is 24.8 Å². The van der Waals surface area contributed by atoms with E-state index in [9.17, 15) is 0 Å². The maximum absolute atomic E-state index is 5.46. The average molecular weight is 327 g/mol. The van der Waals surface area contributed by atoms with Gasteiger partial charge in [-0.1, -0.05) is 30.3 Å². The van der Waals surface area contributed by atoms with E-state index in [1.165, 1.54) is 12.0 Å². The smallest absolute Gasteiger partial charge is 0.221 e. The first-order chi connectivity index (χ1) is 11.8. The summed E-state index contributed by atoms with van der Waals surface area (Å²) in [5.74, 6) is 1.41. The van der Waals surface area contributed by atoms with E-state index in [-0.39, 0.29) is 0 Å². The molecule has 2 heterocycles. The average Bonchev–Trinajstić information content (AvgIpc) is 2.67. The van der Waals surface area contributed by atoms with E-state index >= 15 is 0 Å².